The van der Waals surface area contributed by atoms with Crippen LogP contribution >= 0.6 is 11.6 Å². The Hall–Kier alpha value is -2.20. The average molecular weight is 306 g/mol. The number of halogens is 1. The van der Waals surface area contributed by atoms with Gasteiger partial charge in [0.05, 0.1) is 18.7 Å². The van der Waals surface area contributed by atoms with E-state index in [1.807, 2.05) is 30.3 Å². The van der Waals surface area contributed by atoms with Crippen LogP contribution in [0.25, 0.3) is 0 Å². The van der Waals surface area contributed by atoms with Crippen LogP contribution in [0, 0.1) is 0 Å². The molecule has 1 N–H and O–H groups in total. The van der Waals surface area contributed by atoms with Crippen LogP contribution in [0.15, 0.2) is 48.5 Å². The molecule has 21 heavy (non-hydrogen) atoms. The molecule has 0 unspecified atom stereocenters. The Labute approximate surface area is 128 Å². The number of para-hydroxylation sites is 1. The molecule has 5 heteroatoms. The van der Waals surface area contributed by atoms with Crippen LogP contribution in [0.1, 0.15) is 10.4 Å². The van der Waals surface area contributed by atoms with Crippen molar-refractivity contribution < 1.29 is 14.3 Å². The quantitative estimate of drug-likeness (QED) is 0.834. The largest absolute Gasteiger partial charge is 0.495 e. The van der Waals surface area contributed by atoms with E-state index in [4.69, 9.17) is 21.1 Å². The topological polar surface area (TPSA) is 47.6 Å². The second kappa shape index (κ2) is 7.55. The molecule has 0 heterocycles. The first-order valence-electron chi connectivity index (χ1n) is 6.50. The SMILES string of the molecule is COc1ccc(C(=O)NCCOc2ccccc2)cc1Cl. The second-order valence-electron chi connectivity index (χ2n) is 4.27. The predicted molar refractivity (Wildman–Crippen MR) is 82.3 cm³/mol. The van der Waals surface area contributed by atoms with Gasteiger partial charge >= 0.3 is 0 Å². The summed E-state index contributed by atoms with van der Waals surface area (Å²) in [6.07, 6.45) is 0. The number of carbonyl (C=O) groups is 1. The Balaban J connectivity index is 1.80. The lowest BCUT2D eigenvalue weighted by atomic mass is 10.2. The Morgan fingerprint density at radius 3 is 2.62 bits per heavy atom. The van der Waals surface area contributed by atoms with Crippen molar-refractivity contribution in [2.75, 3.05) is 20.3 Å². The van der Waals surface area contributed by atoms with E-state index < -0.39 is 0 Å². The summed E-state index contributed by atoms with van der Waals surface area (Å²) >= 11 is 5.99. The average Bonchev–Trinajstić information content (AvgIpc) is 2.52. The number of hydrogen-bond acceptors (Lipinski definition) is 3. The molecule has 0 aromatic heterocycles. The minimum atomic E-state index is -0.198. The summed E-state index contributed by atoms with van der Waals surface area (Å²) in [5.41, 5.74) is 0.487. The van der Waals surface area contributed by atoms with Crippen LogP contribution in [-0.2, 0) is 0 Å². The van der Waals surface area contributed by atoms with Crippen molar-refractivity contribution >= 4 is 17.5 Å². The number of benzene rings is 2. The molecule has 0 atom stereocenters. The van der Waals surface area contributed by atoms with Crippen molar-refractivity contribution in [3.8, 4) is 11.5 Å². The van der Waals surface area contributed by atoms with Gasteiger partial charge in [-0.2, -0.15) is 0 Å². The van der Waals surface area contributed by atoms with E-state index in [1.165, 1.54) is 7.11 Å². The first-order chi connectivity index (χ1) is 10.2. The molecule has 110 valence electrons. The third kappa shape index (κ3) is 4.39. The summed E-state index contributed by atoms with van der Waals surface area (Å²) in [5.74, 6) is 1.12. The lowest BCUT2D eigenvalue weighted by molar-refractivity contribution is 0.0947. The van der Waals surface area contributed by atoms with E-state index in [9.17, 15) is 4.79 Å². The van der Waals surface area contributed by atoms with Gasteiger partial charge in [-0.3, -0.25) is 4.79 Å². The van der Waals surface area contributed by atoms with Gasteiger partial charge in [0.15, 0.2) is 0 Å². The Morgan fingerprint density at radius 1 is 1.19 bits per heavy atom. The van der Waals surface area contributed by atoms with Gasteiger partial charge in [-0.25, -0.2) is 0 Å². The van der Waals surface area contributed by atoms with E-state index in [-0.39, 0.29) is 5.91 Å². The third-order valence-corrected chi connectivity index (χ3v) is 3.11. The molecule has 2 rings (SSSR count). The molecule has 0 aliphatic heterocycles. The lowest BCUT2D eigenvalue weighted by Gasteiger charge is -2.09. The van der Waals surface area contributed by atoms with E-state index in [0.717, 1.165) is 5.75 Å². The monoisotopic (exact) mass is 305 g/mol. The van der Waals surface area contributed by atoms with Gasteiger partial charge in [0.1, 0.15) is 18.1 Å². The highest BCUT2D eigenvalue weighted by Crippen LogP contribution is 2.24. The fraction of sp³-hybridized carbons (Fsp3) is 0.188. The first-order valence-corrected chi connectivity index (χ1v) is 6.88. The Bertz CT molecular complexity index is 602. The Morgan fingerprint density at radius 2 is 1.95 bits per heavy atom. The molecule has 0 fully saturated rings. The molecule has 1 amide bonds. The highest BCUT2D eigenvalue weighted by atomic mass is 35.5. The minimum Gasteiger partial charge on any atom is -0.495 e. The van der Waals surface area contributed by atoms with Gasteiger partial charge in [-0.15, -0.1) is 0 Å². The van der Waals surface area contributed by atoms with Crippen LogP contribution in [0.4, 0.5) is 0 Å². The van der Waals surface area contributed by atoms with Crippen molar-refractivity contribution in [2.24, 2.45) is 0 Å². The number of amides is 1. The van der Waals surface area contributed by atoms with E-state index in [0.29, 0.717) is 29.5 Å². The maximum Gasteiger partial charge on any atom is 0.251 e. The molecule has 4 nitrogen and oxygen atoms in total. The molecule has 2 aromatic rings. The molecule has 0 saturated heterocycles. The number of carbonyl (C=O) groups excluding carboxylic acids is 1. The molecular weight excluding hydrogens is 290 g/mol. The molecule has 0 saturated carbocycles. The summed E-state index contributed by atoms with van der Waals surface area (Å²) in [5, 5.41) is 3.18. The Kier molecular flexibility index (Phi) is 5.46. The standard InChI is InChI=1S/C16H16ClNO3/c1-20-15-8-7-12(11-14(15)17)16(19)18-9-10-21-13-5-3-2-4-6-13/h2-8,11H,9-10H2,1H3,(H,18,19). The van der Waals surface area contributed by atoms with E-state index in [1.54, 1.807) is 18.2 Å². The molecule has 0 aliphatic rings. The summed E-state index contributed by atoms with van der Waals surface area (Å²) in [6, 6.07) is 14.3. The molecular formula is C16H16ClNO3. The van der Waals surface area contributed by atoms with Crippen LogP contribution < -0.4 is 14.8 Å². The van der Waals surface area contributed by atoms with Crippen LogP contribution in [0.2, 0.25) is 5.02 Å². The van der Waals surface area contributed by atoms with E-state index >= 15 is 0 Å². The van der Waals surface area contributed by atoms with Crippen LogP contribution in [0.5, 0.6) is 11.5 Å². The fourth-order valence-corrected chi connectivity index (χ4v) is 2.02. The third-order valence-electron chi connectivity index (χ3n) is 2.81. The normalized spacial score (nSPS) is 10.0. The maximum atomic E-state index is 11.9. The van der Waals surface area contributed by atoms with Gasteiger partial charge < -0.3 is 14.8 Å². The van der Waals surface area contributed by atoms with Crippen molar-refractivity contribution in [1.82, 2.24) is 5.32 Å². The summed E-state index contributed by atoms with van der Waals surface area (Å²) in [4.78, 5) is 11.9. The molecule has 0 aliphatic carbocycles. The van der Waals surface area contributed by atoms with Crippen molar-refractivity contribution in [3.63, 3.8) is 0 Å². The van der Waals surface area contributed by atoms with Crippen LogP contribution in [0.3, 0.4) is 0 Å². The zero-order valence-electron chi connectivity index (χ0n) is 11.6. The van der Waals surface area contributed by atoms with Crippen molar-refractivity contribution in [1.29, 1.82) is 0 Å². The highest BCUT2D eigenvalue weighted by molar-refractivity contribution is 6.32. The number of ether oxygens (including phenoxy) is 2. The zero-order valence-corrected chi connectivity index (χ0v) is 12.4. The number of hydrogen-bond donors (Lipinski definition) is 1. The summed E-state index contributed by atoms with van der Waals surface area (Å²) in [6.45, 7) is 0.816. The maximum absolute atomic E-state index is 11.9. The highest BCUT2D eigenvalue weighted by Gasteiger charge is 2.08. The smallest absolute Gasteiger partial charge is 0.251 e. The molecule has 0 spiro atoms. The predicted octanol–water partition coefficient (Wildman–Crippen LogP) is 3.16. The van der Waals surface area contributed by atoms with Gasteiger partial charge in [-0.1, -0.05) is 29.8 Å². The molecule has 0 radical (unpaired) electrons. The van der Waals surface area contributed by atoms with Crippen molar-refractivity contribution in [3.05, 3.63) is 59.1 Å². The zero-order chi connectivity index (χ0) is 15.1. The van der Waals surface area contributed by atoms with Crippen molar-refractivity contribution in [2.45, 2.75) is 0 Å². The van der Waals surface area contributed by atoms with Crippen LogP contribution in [-0.4, -0.2) is 26.2 Å². The summed E-state index contributed by atoms with van der Waals surface area (Å²) < 4.78 is 10.5. The second-order valence-corrected chi connectivity index (χ2v) is 4.67. The van der Waals surface area contributed by atoms with E-state index in [2.05, 4.69) is 5.32 Å². The van der Waals surface area contributed by atoms with Gasteiger partial charge in [0.2, 0.25) is 0 Å². The van der Waals surface area contributed by atoms with Gasteiger partial charge in [0.25, 0.3) is 5.91 Å². The number of rotatable bonds is 6. The number of methoxy groups -OCH3 is 1. The van der Waals surface area contributed by atoms with Gasteiger partial charge in [0, 0.05) is 5.56 Å². The van der Waals surface area contributed by atoms with Gasteiger partial charge in [-0.05, 0) is 30.3 Å². The number of nitrogens with one attached hydrogen (secondary N) is 1. The first kappa shape index (κ1) is 15.2. The molecule has 0 bridgehead atoms. The summed E-state index contributed by atoms with van der Waals surface area (Å²) in [7, 11) is 1.53. The minimum absolute atomic E-state index is 0.198. The lowest BCUT2D eigenvalue weighted by Crippen LogP contribution is -2.28. The fourth-order valence-electron chi connectivity index (χ4n) is 1.76. The molecule has 2 aromatic carbocycles.